The zero-order valence-corrected chi connectivity index (χ0v) is 5.81. The minimum absolute atomic E-state index is 0.686. The van der Waals surface area contributed by atoms with E-state index in [1.54, 1.807) is 18.6 Å². The molecule has 11 heavy (non-hydrogen) atoms. The van der Waals surface area contributed by atoms with Crippen molar-refractivity contribution in [2.75, 3.05) is 0 Å². The number of amidine groups is 1. The van der Waals surface area contributed by atoms with E-state index in [0.717, 1.165) is 5.69 Å². The third-order valence-corrected chi connectivity index (χ3v) is 1.35. The molecule has 0 atom stereocenters. The second-order valence-corrected chi connectivity index (χ2v) is 2.09. The van der Waals surface area contributed by atoms with Gasteiger partial charge in [-0.3, -0.25) is 4.98 Å². The van der Waals surface area contributed by atoms with Gasteiger partial charge >= 0.3 is 0 Å². The summed E-state index contributed by atoms with van der Waals surface area (Å²) < 4.78 is 0. The molecule has 0 saturated heterocycles. The van der Waals surface area contributed by atoms with Gasteiger partial charge in [-0.05, 0) is 12.1 Å². The molecule has 1 aromatic heterocycles. The molecule has 3 nitrogen and oxygen atoms in total. The molecule has 0 saturated carbocycles. The molecule has 0 N–H and O–H groups in total. The van der Waals surface area contributed by atoms with Crippen molar-refractivity contribution in [3.05, 3.63) is 42.5 Å². The topological polar surface area (TPSA) is 39.4 Å². The Bertz CT molecular complexity index is 300. The second-order valence-electron chi connectivity index (χ2n) is 2.09. The Morgan fingerprint density at radius 2 is 2.09 bits per heavy atom. The molecule has 0 unspecified atom stereocenters. The highest BCUT2D eigenvalue weighted by Crippen LogP contribution is 1.99. The van der Waals surface area contributed by atoms with E-state index in [-0.39, 0.29) is 0 Å². The molecule has 53 valence electrons. The Kier molecular flexibility index (Phi) is 1.41. The Morgan fingerprint density at radius 1 is 1.09 bits per heavy atom. The summed E-state index contributed by atoms with van der Waals surface area (Å²) in [6, 6.07) is 5.67. The van der Waals surface area contributed by atoms with Crippen molar-refractivity contribution in [3.8, 4) is 0 Å². The van der Waals surface area contributed by atoms with Gasteiger partial charge in [-0.15, -0.1) is 0 Å². The van der Waals surface area contributed by atoms with Crippen LogP contribution in [-0.2, 0) is 0 Å². The largest absolute Gasteiger partial charge is 0.253 e. The number of hydrogen-bond acceptors (Lipinski definition) is 2. The Balaban J connectivity index is 2.31. The lowest BCUT2D eigenvalue weighted by atomic mass is 10.3. The normalized spacial score (nSPS) is 14.4. The van der Waals surface area contributed by atoms with Gasteiger partial charge in [-0.25, -0.2) is 10.3 Å². The van der Waals surface area contributed by atoms with Gasteiger partial charge in [0.1, 0.15) is 5.69 Å². The van der Waals surface area contributed by atoms with Crippen LogP contribution in [-0.4, -0.2) is 10.8 Å². The number of pyridine rings is 1. The van der Waals surface area contributed by atoms with Crippen molar-refractivity contribution in [2.45, 2.75) is 0 Å². The van der Waals surface area contributed by atoms with Crippen LogP contribution in [0.2, 0.25) is 0 Å². The van der Waals surface area contributed by atoms with Crippen molar-refractivity contribution in [2.24, 2.45) is 4.99 Å². The van der Waals surface area contributed by atoms with Gasteiger partial charge in [0.15, 0.2) is 5.84 Å². The minimum atomic E-state index is 0.686. The van der Waals surface area contributed by atoms with E-state index in [0.29, 0.717) is 5.84 Å². The van der Waals surface area contributed by atoms with Crippen LogP contribution >= 0.6 is 0 Å². The van der Waals surface area contributed by atoms with Gasteiger partial charge in [0.25, 0.3) is 0 Å². The van der Waals surface area contributed by atoms with E-state index in [1.807, 2.05) is 18.2 Å². The molecule has 0 amide bonds. The molecule has 1 radical (unpaired) electrons. The van der Waals surface area contributed by atoms with Gasteiger partial charge in [0.05, 0.1) is 0 Å². The maximum Gasteiger partial charge on any atom is 0.178 e. The van der Waals surface area contributed by atoms with Gasteiger partial charge in [-0.2, -0.15) is 0 Å². The first-order chi connectivity index (χ1) is 5.47. The summed E-state index contributed by atoms with van der Waals surface area (Å²) in [4.78, 5) is 8.11. The van der Waals surface area contributed by atoms with Crippen LogP contribution in [0.1, 0.15) is 5.69 Å². The van der Waals surface area contributed by atoms with Crippen molar-refractivity contribution < 1.29 is 0 Å². The first-order valence-corrected chi connectivity index (χ1v) is 3.32. The van der Waals surface area contributed by atoms with Gasteiger partial charge < -0.3 is 0 Å². The third kappa shape index (κ3) is 1.12. The standard InChI is InChI=1S/C8H6N3/c1-2-4-9-7(3-1)8-10-5-6-11-8/h1-6H. The minimum Gasteiger partial charge on any atom is -0.253 e. The number of rotatable bonds is 1. The number of aliphatic imine (C=N–C) groups is 1. The lowest BCUT2D eigenvalue weighted by molar-refractivity contribution is 1.21. The highest BCUT2D eigenvalue weighted by molar-refractivity contribution is 5.98. The highest BCUT2D eigenvalue weighted by Gasteiger charge is 2.05. The Labute approximate surface area is 64.5 Å². The maximum atomic E-state index is 4.10. The lowest BCUT2D eigenvalue weighted by Crippen LogP contribution is -2.09. The number of nitrogens with zero attached hydrogens (tertiary/aromatic N) is 3. The second kappa shape index (κ2) is 2.54. The highest BCUT2D eigenvalue weighted by atomic mass is 15.0. The molecule has 0 fully saturated rings. The van der Waals surface area contributed by atoms with Crippen LogP contribution in [0, 0.1) is 0 Å². The monoisotopic (exact) mass is 144 g/mol. The van der Waals surface area contributed by atoms with Crippen LogP contribution in [0.4, 0.5) is 0 Å². The summed E-state index contributed by atoms with van der Waals surface area (Å²) in [5, 5.41) is 4.01. The molecule has 1 aromatic rings. The maximum absolute atomic E-state index is 4.10. The van der Waals surface area contributed by atoms with Crippen LogP contribution in [0.5, 0.6) is 0 Å². The fraction of sp³-hybridized carbons (Fsp3) is 0. The number of hydrogen-bond donors (Lipinski definition) is 0. The SMILES string of the molecule is C1=CN=C(c2ccccn2)[N]1. The van der Waals surface area contributed by atoms with Crippen LogP contribution in [0.25, 0.3) is 0 Å². The molecule has 2 heterocycles. The smallest absolute Gasteiger partial charge is 0.178 e. The van der Waals surface area contributed by atoms with Gasteiger partial charge in [-0.1, -0.05) is 6.07 Å². The molecule has 1 aliphatic rings. The summed E-state index contributed by atoms with van der Waals surface area (Å²) in [5.74, 6) is 0.686. The van der Waals surface area contributed by atoms with E-state index in [9.17, 15) is 0 Å². The Morgan fingerprint density at radius 3 is 2.73 bits per heavy atom. The number of aromatic nitrogens is 1. The van der Waals surface area contributed by atoms with Crippen molar-refractivity contribution in [1.82, 2.24) is 10.3 Å². The van der Waals surface area contributed by atoms with Crippen LogP contribution < -0.4 is 5.32 Å². The van der Waals surface area contributed by atoms with E-state index >= 15 is 0 Å². The molecule has 0 spiro atoms. The van der Waals surface area contributed by atoms with E-state index in [2.05, 4.69) is 15.3 Å². The summed E-state index contributed by atoms with van der Waals surface area (Å²) in [6.45, 7) is 0. The van der Waals surface area contributed by atoms with E-state index < -0.39 is 0 Å². The van der Waals surface area contributed by atoms with Crippen molar-refractivity contribution in [1.29, 1.82) is 0 Å². The summed E-state index contributed by atoms with van der Waals surface area (Å²) in [5.41, 5.74) is 0.817. The average molecular weight is 144 g/mol. The van der Waals surface area contributed by atoms with Crippen LogP contribution in [0.3, 0.4) is 0 Å². The van der Waals surface area contributed by atoms with E-state index in [1.165, 1.54) is 0 Å². The molecule has 0 aliphatic carbocycles. The Hall–Kier alpha value is -1.64. The zero-order valence-electron chi connectivity index (χ0n) is 5.81. The quantitative estimate of drug-likeness (QED) is 0.577. The predicted molar refractivity (Wildman–Crippen MR) is 42.0 cm³/mol. The molecule has 1 aliphatic heterocycles. The molecule has 0 bridgehead atoms. The van der Waals surface area contributed by atoms with Crippen molar-refractivity contribution >= 4 is 5.84 Å². The molecule has 3 heteroatoms. The molecule has 0 aromatic carbocycles. The molecular weight excluding hydrogens is 138 g/mol. The summed E-state index contributed by atoms with van der Waals surface area (Å²) >= 11 is 0. The van der Waals surface area contributed by atoms with Crippen molar-refractivity contribution in [3.63, 3.8) is 0 Å². The summed E-state index contributed by atoms with van der Waals surface area (Å²) in [6.07, 6.45) is 5.04. The first kappa shape index (κ1) is 6.09. The summed E-state index contributed by atoms with van der Waals surface area (Å²) in [7, 11) is 0. The third-order valence-electron chi connectivity index (χ3n) is 1.35. The molecule has 2 rings (SSSR count). The zero-order chi connectivity index (χ0) is 7.52. The van der Waals surface area contributed by atoms with E-state index in [4.69, 9.17) is 0 Å². The fourth-order valence-corrected chi connectivity index (χ4v) is 0.869. The lowest BCUT2D eigenvalue weighted by Gasteiger charge is -1.95. The fourth-order valence-electron chi connectivity index (χ4n) is 0.869. The molecular formula is C8H6N3. The predicted octanol–water partition coefficient (Wildman–Crippen LogP) is 0.917. The van der Waals surface area contributed by atoms with Crippen LogP contribution in [0.15, 0.2) is 41.8 Å². The average Bonchev–Trinajstić information content (AvgIpc) is 2.58. The first-order valence-electron chi connectivity index (χ1n) is 3.32. The van der Waals surface area contributed by atoms with Gasteiger partial charge in [0, 0.05) is 18.6 Å². The van der Waals surface area contributed by atoms with Gasteiger partial charge in [0.2, 0.25) is 0 Å².